The molecule has 5 nitrogen and oxygen atoms in total. The minimum atomic E-state index is -0.0949. The molecule has 0 aliphatic heterocycles. The molecule has 1 amide bonds. The van der Waals surface area contributed by atoms with Gasteiger partial charge in [0.1, 0.15) is 5.69 Å². The molecule has 23 heavy (non-hydrogen) atoms. The summed E-state index contributed by atoms with van der Waals surface area (Å²) in [6.07, 6.45) is 4.23. The van der Waals surface area contributed by atoms with Gasteiger partial charge in [0, 0.05) is 29.8 Å². The van der Waals surface area contributed by atoms with E-state index in [1.54, 1.807) is 6.92 Å². The fourth-order valence-corrected chi connectivity index (χ4v) is 3.80. The van der Waals surface area contributed by atoms with E-state index in [2.05, 4.69) is 29.3 Å². The number of nitrogens with one attached hydrogen (secondary N) is 2. The van der Waals surface area contributed by atoms with Crippen molar-refractivity contribution in [3.63, 3.8) is 0 Å². The Morgan fingerprint density at radius 1 is 1.30 bits per heavy atom. The molecule has 0 saturated heterocycles. The Balaban J connectivity index is 2.12. The zero-order valence-electron chi connectivity index (χ0n) is 15.0. The first-order chi connectivity index (χ1) is 10.8. The number of carbonyl (C=O) groups is 2. The van der Waals surface area contributed by atoms with Crippen LogP contribution in [0.25, 0.3) is 0 Å². The van der Waals surface area contributed by atoms with E-state index < -0.39 is 0 Å². The van der Waals surface area contributed by atoms with Gasteiger partial charge in [0.15, 0.2) is 5.78 Å². The van der Waals surface area contributed by atoms with Gasteiger partial charge < -0.3 is 15.2 Å². The van der Waals surface area contributed by atoms with Crippen LogP contribution in [0.15, 0.2) is 0 Å². The molecular formula is C18H29N3O2. The number of aromatic amines is 1. The zero-order valence-corrected chi connectivity index (χ0v) is 15.0. The van der Waals surface area contributed by atoms with E-state index in [4.69, 9.17) is 0 Å². The van der Waals surface area contributed by atoms with Crippen LogP contribution in [0.5, 0.6) is 0 Å². The van der Waals surface area contributed by atoms with Gasteiger partial charge in [0.05, 0.1) is 0 Å². The van der Waals surface area contributed by atoms with Crippen LogP contribution >= 0.6 is 0 Å². The molecule has 1 aliphatic carbocycles. The largest absolute Gasteiger partial charge is 0.354 e. The lowest BCUT2D eigenvalue weighted by atomic mass is 9.68. The van der Waals surface area contributed by atoms with Gasteiger partial charge in [-0.3, -0.25) is 9.59 Å². The summed E-state index contributed by atoms with van der Waals surface area (Å²) in [6, 6.07) is 0. The van der Waals surface area contributed by atoms with Gasteiger partial charge in [-0.15, -0.1) is 0 Å². The van der Waals surface area contributed by atoms with E-state index in [9.17, 15) is 9.59 Å². The Kier molecular flexibility index (Phi) is 5.30. The molecule has 0 bridgehead atoms. The number of Topliss-reactive ketones (excluding diaryl/α,β-unsaturated/α-hetero) is 1. The summed E-state index contributed by atoms with van der Waals surface area (Å²) >= 11 is 0. The molecule has 1 aliphatic rings. The third-order valence-electron chi connectivity index (χ3n) is 4.91. The normalized spacial score (nSPS) is 16.3. The van der Waals surface area contributed by atoms with Crippen molar-refractivity contribution < 1.29 is 9.59 Å². The SMILES string of the molecule is CCc1c(C(=O)NCC2(CN(C)C)CCC2)[nH]c(C)c1C(C)=O. The second-order valence-electron chi connectivity index (χ2n) is 7.16. The van der Waals surface area contributed by atoms with E-state index in [0.29, 0.717) is 24.2 Å². The molecular weight excluding hydrogens is 290 g/mol. The summed E-state index contributed by atoms with van der Waals surface area (Å²) in [5.74, 6) is -0.0831. The van der Waals surface area contributed by atoms with E-state index in [-0.39, 0.29) is 17.1 Å². The first-order valence-electron chi connectivity index (χ1n) is 8.45. The molecule has 1 heterocycles. The number of aromatic nitrogens is 1. The van der Waals surface area contributed by atoms with Crippen molar-refractivity contribution in [2.45, 2.75) is 46.5 Å². The van der Waals surface area contributed by atoms with Gasteiger partial charge in [0.25, 0.3) is 5.91 Å². The van der Waals surface area contributed by atoms with Gasteiger partial charge in [0.2, 0.25) is 0 Å². The first-order valence-corrected chi connectivity index (χ1v) is 8.45. The highest BCUT2D eigenvalue weighted by Gasteiger charge is 2.37. The average molecular weight is 319 g/mol. The van der Waals surface area contributed by atoms with Gasteiger partial charge in [-0.25, -0.2) is 0 Å². The van der Waals surface area contributed by atoms with Crippen molar-refractivity contribution in [1.29, 1.82) is 0 Å². The number of H-pyrrole nitrogens is 1. The predicted molar refractivity (Wildman–Crippen MR) is 92.1 cm³/mol. The summed E-state index contributed by atoms with van der Waals surface area (Å²) < 4.78 is 0. The van der Waals surface area contributed by atoms with Crippen molar-refractivity contribution >= 4 is 11.7 Å². The Bertz CT molecular complexity index is 598. The average Bonchev–Trinajstić information content (AvgIpc) is 2.77. The summed E-state index contributed by atoms with van der Waals surface area (Å²) in [6.45, 7) is 7.08. The Morgan fingerprint density at radius 2 is 1.96 bits per heavy atom. The van der Waals surface area contributed by atoms with Crippen LogP contribution in [0.4, 0.5) is 0 Å². The number of carbonyl (C=O) groups excluding carboxylic acids is 2. The smallest absolute Gasteiger partial charge is 0.268 e. The van der Waals surface area contributed by atoms with Crippen LogP contribution in [-0.2, 0) is 6.42 Å². The fraction of sp³-hybridized carbons (Fsp3) is 0.667. The summed E-state index contributed by atoms with van der Waals surface area (Å²) in [7, 11) is 4.15. The maximum atomic E-state index is 12.6. The third kappa shape index (κ3) is 3.66. The number of hydrogen-bond donors (Lipinski definition) is 2. The standard InChI is InChI=1S/C18H29N3O2/c1-6-14-15(13(3)22)12(2)20-16(14)17(23)19-10-18(8-7-9-18)11-21(4)5/h20H,6-11H2,1-5H3,(H,19,23). The molecule has 0 spiro atoms. The second kappa shape index (κ2) is 6.87. The highest BCUT2D eigenvalue weighted by Crippen LogP contribution is 2.40. The quantitative estimate of drug-likeness (QED) is 0.759. The molecule has 0 aromatic carbocycles. The highest BCUT2D eigenvalue weighted by molar-refractivity contribution is 6.02. The summed E-state index contributed by atoms with van der Waals surface area (Å²) in [5.41, 5.74) is 3.05. The number of nitrogens with zero attached hydrogens (tertiary/aromatic N) is 1. The number of amides is 1. The van der Waals surface area contributed by atoms with Gasteiger partial charge >= 0.3 is 0 Å². The van der Waals surface area contributed by atoms with Crippen molar-refractivity contribution in [3.05, 3.63) is 22.5 Å². The molecule has 1 fully saturated rings. The van der Waals surface area contributed by atoms with Gasteiger partial charge in [-0.05, 0) is 52.8 Å². The van der Waals surface area contributed by atoms with Crippen molar-refractivity contribution in [2.75, 3.05) is 27.2 Å². The molecule has 1 aromatic heterocycles. The van der Waals surface area contributed by atoms with Crippen molar-refractivity contribution in [3.8, 4) is 0 Å². The number of ketones is 1. The van der Waals surface area contributed by atoms with Crippen LogP contribution in [0.1, 0.15) is 65.2 Å². The minimum absolute atomic E-state index is 0.0118. The Hall–Kier alpha value is -1.62. The highest BCUT2D eigenvalue weighted by atomic mass is 16.2. The van der Waals surface area contributed by atoms with Crippen LogP contribution in [0.3, 0.4) is 0 Å². The summed E-state index contributed by atoms with van der Waals surface area (Å²) in [4.78, 5) is 29.7. The lowest BCUT2D eigenvalue weighted by Gasteiger charge is -2.43. The van der Waals surface area contributed by atoms with Crippen molar-refractivity contribution in [1.82, 2.24) is 15.2 Å². The Morgan fingerprint density at radius 3 is 2.39 bits per heavy atom. The molecule has 0 atom stereocenters. The monoisotopic (exact) mass is 319 g/mol. The lowest BCUT2D eigenvalue weighted by molar-refractivity contribution is 0.0737. The number of rotatable bonds is 7. The lowest BCUT2D eigenvalue weighted by Crippen LogP contribution is -2.48. The zero-order chi connectivity index (χ0) is 17.2. The fourth-order valence-electron chi connectivity index (χ4n) is 3.80. The topological polar surface area (TPSA) is 65.2 Å². The number of hydrogen-bond acceptors (Lipinski definition) is 3. The van der Waals surface area contributed by atoms with Crippen LogP contribution in [0.2, 0.25) is 0 Å². The molecule has 1 aromatic rings. The Labute approximate surface area is 138 Å². The number of aryl methyl sites for hydroxylation is 1. The summed E-state index contributed by atoms with van der Waals surface area (Å²) in [5, 5.41) is 3.09. The van der Waals surface area contributed by atoms with E-state index in [0.717, 1.165) is 30.6 Å². The first kappa shape index (κ1) is 17.7. The van der Waals surface area contributed by atoms with Crippen LogP contribution in [-0.4, -0.2) is 48.8 Å². The van der Waals surface area contributed by atoms with Gasteiger partial charge in [-0.2, -0.15) is 0 Å². The molecule has 2 rings (SSSR count). The second-order valence-corrected chi connectivity index (χ2v) is 7.16. The van der Waals surface area contributed by atoms with Crippen LogP contribution < -0.4 is 5.32 Å². The molecule has 0 unspecified atom stereocenters. The van der Waals surface area contributed by atoms with E-state index in [1.165, 1.54) is 6.42 Å². The molecule has 1 saturated carbocycles. The molecule has 128 valence electrons. The molecule has 2 N–H and O–H groups in total. The van der Waals surface area contributed by atoms with E-state index in [1.807, 2.05) is 13.8 Å². The maximum absolute atomic E-state index is 12.6. The predicted octanol–water partition coefficient (Wildman–Crippen LogP) is 2.55. The van der Waals surface area contributed by atoms with E-state index >= 15 is 0 Å². The molecule has 5 heteroatoms. The van der Waals surface area contributed by atoms with Gasteiger partial charge in [-0.1, -0.05) is 13.3 Å². The third-order valence-corrected chi connectivity index (χ3v) is 4.91. The van der Waals surface area contributed by atoms with Crippen LogP contribution in [0, 0.1) is 12.3 Å². The minimum Gasteiger partial charge on any atom is -0.354 e. The molecule has 0 radical (unpaired) electrons. The van der Waals surface area contributed by atoms with Crippen molar-refractivity contribution in [2.24, 2.45) is 5.41 Å². The maximum Gasteiger partial charge on any atom is 0.268 e.